The van der Waals surface area contributed by atoms with Crippen molar-refractivity contribution in [3.63, 3.8) is 0 Å². The highest BCUT2D eigenvalue weighted by atomic mass is 32.1. The molecule has 1 aromatic heterocycles. The first-order valence-electron chi connectivity index (χ1n) is 6.94. The highest BCUT2D eigenvalue weighted by Crippen LogP contribution is 2.23. The number of fused-ring (bicyclic) bond motifs is 1. The van der Waals surface area contributed by atoms with Crippen LogP contribution < -0.4 is 5.32 Å². The third-order valence-electron chi connectivity index (χ3n) is 3.60. The third-order valence-corrected chi connectivity index (χ3v) is 4.62. The third kappa shape index (κ3) is 3.26. The lowest BCUT2D eigenvalue weighted by Crippen LogP contribution is -2.32. The predicted octanol–water partition coefficient (Wildman–Crippen LogP) is 3.14. The standard InChI is InChI=1S/C16H18N2OS/c19-16(17-14-4-2-1-3-5-14)7-10-18-9-6-15-13(12-18)8-11-20-15/h1-5,8,11H,6-7,9-10,12H2,(H,17,19). The van der Waals surface area contributed by atoms with Gasteiger partial charge in [-0.1, -0.05) is 18.2 Å². The zero-order chi connectivity index (χ0) is 13.8. The van der Waals surface area contributed by atoms with E-state index in [0.717, 1.165) is 31.7 Å². The second-order valence-electron chi connectivity index (χ2n) is 5.06. The molecule has 4 heteroatoms. The number of hydrogen-bond acceptors (Lipinski definition) is 3. The average Bonchev–Trinajstić information content (AvgIpc) is 2.93. The van der Waals surface area contributed by atoms with Crippen molar-refractivity contribution in [2.45, 2.75) is 19.4 Å². The molecule has 0 fully saturated rings. The van der Waals surface area contributed by atoms with Crippen LogP contribution in [0.2, 0.25) is 0 Å². The Morgan fingerprint density at radius 3 is 2.95 bits per heavy atom. The molecule has 0 atom stereocenters. The number of rotatable bonds is 4. The molecule has 1 amide bonds. The van der Waals surface area contributed by atoms with E-state index < -0.39 is 0 Å². The summed E-state index contributed by atoms with van der Waals surface area (Å²) in [6.45, 7) is 2.87. The van der Waals surface area contributed by atoms with Crippen LogP contribution in [0.1, 0.15) is 16.9 Å². The number of anilines is 1. The number of benzene rings is 1. The Balaban J connectivity index is 1.47. The van der Waals surface area contributed by atoms with E-state index in [1.165, 1.54) is 10.4 Å². The molecule has 0 spiro atoms. The van der Waals surface area contributed by atoms with Gasteiger partial charge in [-0.25, -0.2) is 0 Å². The maximum Gasteiger partial charge on any atom is 0.225 e. The molecule has 0 bridgehead atoms. The molecule has 3 rings (SSSR count). The zero-order valence-electron chi connectivity index (χ0n) is 11.3. The van der Waals surface area contributed by atoms with E-state index in [2.05, 4.69) is 21.7 Å². The Labute approximate surface area is 123 Å². The second-order valence-corrected chi connectivity index (χ2v) is 6.06. The molecule has 0 unspecified atom stereocenters. The molecule has 3 nitrogen and oxygen atoms in total. The van der Waals surface area contributed by atoms with E-state index in [9.17, 15) is 4.79 Å². The number of hydrogen-bond donors (Lipinski definition) is 1. The summed E-state index contributed by atoms with van der Waals surface area (Å²) in [6, 6.07) is 11.8. The van der Waals surface area contributed by atoms with Crippen molar-refractivity contribution >= 4 is 22.9 Å². The van der Waals surface area contributed by atoms with E-state index in [-0.39, 0.29) is 5.91 Å². The van der Waals surface area contributed by atoms with E-state index in [0.29, 0.717) is 6.42 Å². The lowest BCUT2D eigenvalue weighted by atomic mass is 10.1. The van der Waals surface area contributed by atoms with Crippen molar-refractivity contribution < 1.29 is 4.79 Å². The number of nitrogens with zero attached hydrogens (tertiary/aromatic N) is 1. The van der Waals surface area contributed by atoms with Crippen LogP contribution in [0.3, 0.4) is 0 Å². The number of amides is 1. The number of carbonyl (C=O) groups excluding carboxylic acids is 1. The van der Waals surface area contributed by atoms with Gasteiger partial charge in [0.25, 0.3) is 0 Å². The summed E-state index contributed by atoms with van der Waals surface area (Å²) in [7, 11) is 0. The summed E-state index contributed by atoms with van der Waals surface area (Å²) in [5.74, 6) is 0.0901. The van der Waals surface area contributed by atoms with Gasteiger partial charge in [0, 0.05) is 36.6 Å². The van der Waals surface area contributed by atoms with Crippen LogP contribution >= 0.6 is 11.3 Å². The van der Waals surface area contributed by atoms with Crippen molar-refractivity contribution in [2.75, 3.05) is 18.4 Å². The average molecular weight is 286 g/mol. The molecule has 20 heavy (non-hydrogen) atoms. The number of nitrogens with one attached hydrogen (secondary N) is 1. The molecule has 0 saturated heterocycles. The van der Waals surface area contributed by atoms with Gasteiger partial charge in [0.2, 0.25) is 5.91 Å². The summed E-state index contributed by atoms with van der Waals surface area (Å²) >= 11 is 1.85. The fourth-order valence-corrected chi connectivity index (χ4v) is 3.39. The maximum absolute atomic E-state index is 11.9. The number of para-hydroxylation sites is 1. The SMILES string of the molecule is O=C(CCN1CCc2sccc2C1)Nc1ccccc1. The van der Waals surface area contributed by atoms with Crippen molar-refractivity contribution in [3.05, 3.63) is 52.2 Å². The van der Waals surface area contributed by atoms with Gasteiger partial charge in [0.05, 0.1) is 0 Å². The highest BCUT2D eigenvalue weighted by molar-refractivity contribution is 7.10. The molecular formula is C16H18N2OS. The van der Waals surface area contributed by atoms with Crippen LogP contribution in [0, 0.1) is 0 Å². The van der Waals surface area contributed by atoms with Gasteiger partial charge in [0.15, 0.2) is 0 Å². The van der Waals surface area contributed by atoms with Gasteiger partial charge in [-0.05, 0) is 35.6 Å². The van der Waals surface area contributed by atoms with Crippen molar-refractivity contribution in [1.82, 2.24) is 4.90 Å². The van der Waals surface area contributed by atoms with Crippen LogP contribution in [-0.2, 0) is 17.8 Å². The number of thiophene rings is 1. The normalized spacial score (nSPS) is 14.8. The smallest absolute Gasteiger partial charge is 0.225 e. The molecular weight excluding hydrogens is 268 g/mol. The van der Waals surface area contributed by atoms with Gasteiger partial charge < -0.3 is 5.32 Å². The van der Waals surface area contributed by atoms with Crippen molar-refractivity contribution in [1.29, 1.82) is 0 Å². The Hall–Kier alpha value is -1.65. The molecule has 2 heterocycles. The first-order chi connectivity index (χ1) is 9.81. The Bertz CT molecular complexity index is 579. The molecule has 1 aliphatic heterocycles. The topological polar surface area (TPSA) is 32.3 Å². The zero-order valence-corrected chi connectivity index (χ0v) is 12.2. The molecule has 1 aromatic carbocycles. The van der Waals surface area contributed by atoms with Gasteiger partial charge in [0.1, 0.15) is 0 Å². The van der Waals surface area contributed by atoms with Crippen LogP contribution in [0.15, 0.2) is 41.8 Å². The molecule has 0 aliphatic carbocycles. The maximum atomic E-state index is 11.9. The lowest BCUT2D eigenvalue weighted by molar-refractivity contribution is -0.116. The molecule has 104 valence electrons. The monoisotopic (exact) mass is 286 g/mol. The van der Waals surface area contributed by atoms with Crippen LogP contribution in [0.25, 0.3) is 0 Å². The Kier molecular flexibility index (Phi) is 4.14. The highest BCUT2D eigenvalue weighted by Gasteiger charge is 2.17. The minimum Gasteiger partial charge on any atom is -0.326 e. The minimum atomic E-state index is 0.0901. The Morgan fingerprint density at radius 2 is 2.10 bits per heavy atom. The summed E-state index contributed by atoms with van der Waals surface area (Å²) in [6.07, 6.45) is 1.67. The predicted molar refractivity (Wildman–Crippen MR) is 83.0 cm³/mol. The molecule has 1 N–H and O–H groups in total. The van der Waals surface area contributed by atoms with Gasteiger partial charge in [-0.15, -0.1) is 11.3 Å². The van der Waals surface area contributed by atoms with E-state index in [4.69, 9.17) is 0 Å². The largest absolute Gasteiger partial charge is 0.326 e. The fraction of sp³-hybridized carbons (Fsp3) is 0.312. The quantitative estimate of drug-likeness (QED) is 0.936. The minimum absolute atomic E-state index is 0.0901. The summed E-state index contributed by atoms with van der Waals surface area (Å²) in [5, 5.41) is 5.10. The van der Waals surface area contributed by atoms with Crippen LogP contribution in [-0.4, -0.2) is 23.9 Å². The van der Waals surface area contributed by atoms with E-state index in [1.807, 2.05) is 41.7 Å². The lowest BCUT2D eigenvalue weighted by Gasteiger charge is -2.26. The molecule has 0 saturated carbocycles. The van der Waals surface area contributed by atoms with Crippen LogP contribution in [0.5, 0.6) is 0 Å². The second kappa shape index (κ2) is 6.20. The summed E-state index contributed by atoms with van der Waals surface area (Å²) in [4.78, 5) is 15.8. The summed E-state index contributed by atoms with van der Waals surface area (Å²) < 4.78 is 0. The first kappa shape index (κ1) is 13.3. The molecule has 1 aliphatic rings. The van der Waals surface area contributed by atoms with Crippen molar-refractivity contribution in [3.8, 4) is 0 Å². The Morgan fingerprint density at radius 1 is 1.25 bits per heavy atom. The van der Waals surface area contributed by atoms with Gasteiger partial charge in [-0.2, -0.15) is 0 Å². The van der Waals surface area contributed by atoms with E-state index in [1.54, 1.807) is 0 Å². The first-order valence-corrected chi connectivity index (χ1v) is 7.82. The molecule has 2 aromatic rings. The van der Waals surface area contributed by atoms with E-state index >= 15 is 0 Å². The summed E-state index contributed by atoms with van der Waals surface area (Å²) in [5.41, 5.74) is 2.31. The molecule has 0 radical (unpaired) electrons. The number of carbonyl (C=O) groups is 1. The van der Waals surface area contributed by atoms with Crippen molar-refractivity contribution in [2.24, 2.45) is 0 Å². The van der Waals surface area contributed by atoms with Crippen LogP contribution in [0.4, 0.5) is 5.69 Å². The van der Waals surface area contributed by atoms with Gasteiger partial charge >= 0.3 is 0 Å². The van der Waals surface area contributed by atoms with Gasteiger partial charge in [-0.3, -0.25) is 9.69 Å². The fourth-order valence-electron chi connectivity index (χ4n) is 2.50.